The Morgan fingerprint density at radius 1 is 1.38 bits per heavy atom. The lowest BCUT2D eigenvalue weighted by molar-refractivity contribution is 0.0947. The number of fused-ring (bicyclic) bond motifs is 1. The van der Waals surface area contributed by atoms with Gasteiger partial charge in [-0.15, -0.1) is 6.42 Å². The molecule has 1 fully saturated rings. The van der Waals surface area contributed by atoms with Crippen LogP contribution in [-0.4, -0.2) is 45.5 Å². The van der Waals surface area contributed by atoms with Gasteiger partial charge in [0.05, 0.1) is 11.8 Å². The predicted molar refractivity (Wildman–Crippen MR) is 81.2 cm³/mol. The molecule has 0 unspecified atom stereocenters. The summed E-state index contributed by atoms with van der Waals surface area (Å²) in [5.74, 6) is 4.22. The molecule has 1 atom stereocenters. The summed E-state index contributed by atoms with van der Waals surface area (Å²) < 4.78 is 7.49. The number of rotatable bonds is 3. The van der Waals surface area contributed by atoms with E-state index in [-0.39, 0.29) is 6.10 Å². The van der Waals surface area contributed by atoms with E-state index >= 15 is 0 Å². The Hall–Kier alpha value is -2.13. The van der Waals surface area contributed by atoms with Crippen LogP contribution < -0.4 is 4.90 Å². The van der Waals surface area contributed by atoms with E-state index < -0.39 is 0 Å². The number of terminal acetylenes is 1. The molecule has 110 valence electrons. The van der Waals surface area contributed by atoms with Crippen LogP contribution in [0.15, 0.2) is 0 Å². The minimum atomic E-state index is 0.167. The van der Waals surface area contributed by atoms with Gasteiger partial charge >= 0.3 is 0 Å². The lowest BCUT2D eigenvalue weighted by atomic mass is 10.3. The first-order valence-corrected chi connectivity index (χ1v) is 7.08. The van der Waals surface area contributed by atoms with E-state index in [1.165, 1.54) is 0 Å². The largest absolute Gasteiger partial charge is 0.364 e. The van der Waals surface area contributed by atoms with Crippen molar-refractivity contribution >= 4 is 16.9 Å². The van der Waals surface area contributed by atoms with Crippen molar-refractivity contribution in [3.05, 3.63) is 11.5 Å². The highest BCUT2D eigenvalue weighted by atomic mass is 16.5. The average Bonchev–Trinajstić information content (AvgIpc) is 3.02. The maximum Gasteiger partial charge on any atom is 0.158 e. The molecular formula is C15H19N5O. The fourth-order valence-corrected chi connectivity index (χ4v) is 2.87. The molecular weight excluding hydrogens is 266 g/mol. The number of aryl methyl sites for hydroxylation is 3. The quantitative estimate of drug-likeness (QED) is 0.793. The zero-order valence-corrected chi connectivity index (χ0v) is 12.6. The van der Waals surface area contributed by atoms with Gasteiger partial charge in [-0.25, -0.2) is 9.97 Å². The van der Waals surface area contributed by atoms with Crippen LogP contribution in [0, 0.1) is 26.2 Å². The first kappa shape index (κ1) is 13.8. The molecule has 1 aliphatic rings. The predicted octanol–water partition coefficient (Wildman–Crippen LogP) is 1.21. The second kappa shape index (κ2) is 5.34. The van der Waals surface area contributed by atoms with E-state index in [2.05, 4.69) is 25.9 Å². The van der Waals surface area contributed by atoms with Crippen molar-refractivity contribution in [1.29, 1.82) is 0 Å². The van der Waals surface area contributed by atoms with Crippen LogP contribution in [0.5, 0.6) is 0 Å². The van der Waals surface area contributed by atoms with Crippen molar-refractivity contribution in [2.75, 3.05) is 24.6 Å². The summed E-state index contributed by atoms with van der Waals surface area (Å²) >= 11 is 0. The zero-order valence-electron chi connectivity index (χ0n) is 12.6. The van der Waals surface area contributed by atoms with E-state index in [0.717, 1.165) is 47.9 Å². The molecule has 3 rings (SSSR count). The Balaban J connectivity index is 1.96. The van der Waals surface area contributed by atoms with Gasteiger partial charge in [-0.05, 0) is 20.3 Å². The maximum atomic E-state index is 5.64. The normalized spacial score (nSPS) is 18.4. The number of aromatic nitrogens is 4. The molecule has 0 bridgehead atoms. The van der Waals surface area contributed by atoms with Crippen LogP contribution in [0.4, 0.5) is 5.82 Å². The van der Waals surface area contributed by atoms with Crippen molar-refractivity contribution in [2.24, 2.45) is 7.05 Å². The van der Waals surface area contributed by atoms with Crippen LogP contribution in [0.1, 0.15) is 17.9 Å². The summed E-state index contributed by atoms with van der Waals surface area (Å²) in [5.41, 5.74) is 2.84. The van der Waals surface area contributed by atoms with Gasteiger partial charge in [0, 0.05) is 20.1 Å². The molecule has 0 saturated carbocycles. The molecule has 3 heterocycles. The smallest absolute Gasteiger partial charge is 0.158 e. The summed E-state index contributed by atoms with van der Waals surface area (Å²) in [5, 5.41) is 4.46. The average molecular weight is 285 g/mol. The van der Waals surface area contributed by atoms with Gasteiger partial charge in [0.2, 0.25) is 0 Å². The van der Waals surface area contributed by atoms with Gasteiger partial charge in [-0.2, -0.15) is 5.10 Å². The standard InChI is InChI=1S/C15H19N5O/c1-5-8-21-12-6-7-20(9-12)15-14-13(16-11(3)17-15)10(2)18-19(14)4/h1,12H,6-9H2,2-4H3/t12-/m1/s1. The van der Waals surface area contributed by atoms with Gasteiger partial charge < -0.3 is 9.64 Å². The summed E-state index contributed by atoms with van der Waals surface area (Å²) in [6.45, 7) is 5.96. The highest BCUT2D eigenvalue weighted by molar-refractivity contribution is 5.88. The molecule has 21 heavy (non-hydrogen) atoms. The van der Waals surface area contributed by atoms with E-state index in [4.69, 9.17) is 11.2 Å². The molecule has 2 aromatic heterocycles. The van der Waals surface area contributed by atoms with Gasteiger partial charge in [-0.1, -0.05) is 5.92 Å². The number of nitrogens with zero attached hydrogens (tertiary/aromatic N) is 5. The van der Waals surface area contributed by atoms with Gasteiger partial charge in [0.15, 0.2) is 5.82 Å². The maximum absolute atomic E-state index is 5.64. The third kappa shape index (κ3) is 2.45. The summed E-state index contributed by atoms with van der Waals surface area (Å²) in [6.07, 6.45) is 6.38. The van der Waals surface area contributed by atoms with Crippen LogP contribution in [0.25, 0.3) is 11.0 Å². The van der Waals surface area contributed by atoms with Gasteiger partial charge in [0.1, 0.15) is 23.5 Å². The second-order valence-electron chi connectivity index (χ2n) is 5.37. The molecule has 6 heteroatoms. The Labute approximate surface area is 124 Å². The minimum absolute atomic E-state index is 0.167. The van der Waals surface area contributed by atoms with E-state index in [1.54, 1.807) is 0 Å². The SMILES string of the molecule is C#CCO[C@@H]1CCN(c2nc(C)nc3c(C)nn(C)c23)C1. The van der Waals surface area contributed by atoms with Gasteiger partial charge in [-0.3, -0.25) is 4.68 Å². The van der Waals surface area contributed by atoms with Crippen molar-refractivity contribution in [3.63, 3.8) is 0 Å². The van der Waals surface area contributed by atoms with E-state index in [0.29, 0.717) is 6.61 Å². The molecule has 6 nitrogen and oxygen atoms in total. The lowest BCUT2D eigenvalue weighted by Gasteiger charge is -2.19. The summed E-state index contributed by atoms with van der Waals surface area (Å²) in [6, 6.07) is 0. The topological polar surface area (TPSA) is 56.1 Å². The summed E-state index contributed by atoms with van der Waals surface area (Å²) in [7, 11) is 1.93. The highest BCUT2D eigenvalue weighted by Gasteiger charge is 2.27. The molecule has 0 aliphatic carbocycles. The second-order valence-corrected chi connectivity index (χ2v) is 5.37. The van der Waals surface area contributed by atoms with Crippen molar-refractivity contribution in [2.45, 2.75) is 26.4 Å². The third-order valence-corrected chi connectivity index (χ3v) is 3.79. The molecule has 1 saturated heterocycles. The molecule has 0 spiro atoms. The van der Waals surface area contributed by atoms with E-state index in [9.17, 15) is 0 Å². The molecule has 0 aromatic carbocycles. The van der Waals surface area contributed by atoms with Crippen molar-refractivity contribution < 1.29 is 4.74 Å². The first-order chi connectivity index (χ1) is 10.1. The zero-order chi connectivity index (χ0) is 15.0. The molecule has 0 radical (unpaired) electrons. The molecule has 0 amide bonds. The monoisotopic (exact) mass is 285 g/mol. The van der Waals surface area contributed by atoms with Crippen LogP contribution in [0.3, 0.4) is 0 Å². The number of anilines is 1. The van der Waals surface area contributed by atoms with Crippen LogP contribution in [0.2, 0.25) is 0 Å². The lowest BCUT2D eigenvalue weighted by Crippen LogP contribution is -2.25. The summed E-state index contributed by atoms with van der Waals surface area (Å²) in [4.78, 5) is 11.4. The fourth-order valence-electron chi connectivity index (χ4n) is 2.87. The van der Waals surface area contributed by atoms with Crippen LogP contribution >= 0.6 is 0 Å². The Morgan fingerprint density at radius 2 is 2.19 bits per heavy atom. The van der Waals surface area contributed by atoms with Crippen molar-refractivity contribution in [3.8, 4) is 12.3 Å². The van der Waals surface area contributed by atoms with E-state index in [1.807, 2.05) is 25.6 Å². The first-order valence-electron chi connectivity index (χ1n) is 7.08. The van der Waals surface area contributed by atoms with Crippen LogP contribution in [-0.2, 0) is 11.8 Å². The minimum Gasteiger partial charge on any atom is -0.364 e. The molecule has 1 aliphatic heterocycles. The molecule has 2 aromatic rings. The number of hydrogen-bond donors (Lipinski definition) is 0. The highest BCUT2D eigenvalue weighted by Crippen LogP contribution is 2.28. The Bertz CT molecular complexity index is 715. The molecule has 0 N–H and O–H groups in total. The number of hydrogen-bond acceptors (Lipinski definition) is 5. The Kier molecular flexibility index (Phi) is 3.52. The third-order valence-electron chi connectivity index (χ3n) is 3.79. The fraction of sp³-hybridized carbons (Fsp3) is 0.533. The Morgan fingerprint density at radius 3 is 2.95 bits per heavy atom. The number of ether oxygens (including phenoxy) is 1. The van der Waals surface area contributed by atoms with Crippen molar-refractivity contribution in [1.82, 2.24) is 19.7 Å². The van der Waals surface area contributed by atoms with Gasteiger partial charge in [0.25, 0.3) is 0 Å².